The Labute approximate surface area is 118 Å². The molecule has 5 heteroatoms. The van der Waals surface area contributed by atoms with E-state index in [1.54, 1.807) is 6.20 Å². The molecule has 1 aliphatic rings. The molecule has 20 heavy (non-hydrogen) atoms. The number of rotatable bonds is 1. The SMILES string of the molecule is CC(C)(C)C(=O)N1OCC[C@H]1c1cccc2ccnn12. The van der Waals surface area contributed by atoms with Crippen molar-refractivity contribution in [3.63, 3.8) is 0 Å². The van der Waals surface area contributed by atoms with Gasteiger partial charge in [-0.05, 0) is 18.2 Å². The van der Waals surface area contributed by atoms with Crippen LogP contribution >= 0.6 is 0 Å². The number of pyridine rings is 1. The number of hydroxylamine groups is 2. The van der Waals surface area contributed by atoms with E-state index in [0.29, 0.717) is 6.61 Å². The Hall–Kier alpha value is -1.88. The monoisotopic (exact) mass is 273 g/mol. The van der Waals surface area contributed by atoms with Crippen LogP contribution in [0.5, 0.6) is 0 Å². The number of hydrogen-bond donors (Lipinski definition) is 0. The number of aromatic nitrogens is 2. The van der Waals surface area contributed by atoms with Crippen molar-refractivity contribution in [1.29, 1.82) is 0 Å². The summed E-state index contributed by atoms with van der Waals surface area (Å²) in [6.45, 7) is 6.28. The lowest BCUT2D eigenvalue weighted by Crippen LogP contribution is -2.38. The number of carbonyl (C=O) groups excluding carboxylic acids is 1. The molecule has 0 spiro atoms. The molecule has 5 nitrogen and oxygen atoms in total. The number of carbonyl (C=O) groups is 1. The Morgan fingerprint density at radius 1 is 1.35 bits per heavy atom. The lowest BCUT2D eigenvalue weighted by atomic mass is 9.94. The number of fused-ring (bicyclic) bond motifs is 1. The van der Waals surface area contributed by atoms with E-state index in [4.69, 9.17) is 4.84 Å². The molecule has 106 valence electrons. The van der Waals surface area contributed by atoms with Gasteiger partial charge in [-0.25, -0.2) is 9.58 Å². The third-order valence-electron chi connectivity index (χ3n) is 3.54. The highest BCUT2D eigenvalue weighted by molar-refractivity contribution is 5.81. The number of amides is 1. The van der Waals surface area contributed by atoms with E-state index >= 15 is 0 Å². The van der Waals surface area contributed by atoms with Crippen molar-refractivity contribution in [2.24, 2.45) is 5.41 Å². The smallest absolute Gasteiger partial charge is 0.252 e. The summed E-state index contributed by atoms with van der Waals surface area (Å²) in [4.78, 5) is 18.1. The summed E-state index contributed by atoms with van der Waals surface area (Å²) in [5.74, 6) is 0.00385. The molecular weight excluding hydrogens is 254 g/mol. The molecule has 1 amide bonds. The Balaban J connectivity index is 2.01. The maximum absolute atomic E-state index is 12.5. The summed E-state index contributed by atoms with van der Waals surface area (Å²) in [6.07, 6.45) is 2.56. The third-order valence-corrected chi connectivity index (χ3v) is 3.54. The summed E-state index contributed by atoms with van der Waals surface area (Å²) >= 11 is 0. The number of hydrogen-bond acceptors (Lipinski definition) is 3. The zero-order chi connectivity index (χ0) is 14.3. The first-order chi connectivity index (χ1) is 9.48. The van der Waals surface area contributed by atoms with Gasteiger partial charge in [0, 0.05) is 18.0 Å². The second-order valence-electron chi connectivity index (χ2n) is 6.14. The van der Waals surface area contributed by atoms with Crippen molar-refractivity contribution in [2.75, 3.05) is 6.61 Å². The first kappa shape index (κ1) is 13.1. The fraction of sp³-hybridized carbons (Fsp3) is 0.467. The van der Waals surface area contributed by atoms with Gasteiger partial charge in [-0.3, -0.25) is 9.63 Å². The highest BCUT2D eigenvalue weighted by Crippen LogP contribution is 2.34. The highest BCUT2D eigenvalue weighted by atomic mass is 16.7. The molecule has 0 radical (unpaired) electrons. The molecule has 1 saturated heterocycles. The Bertz CT molecular complexity index is 642. The van der Waals surface area contributed by atoms with Gasteiger partial charge < -0.3 is 0 Å². The lowest BCUT2D eigenvalue weighted by molar-refractivity contribution is -0.186. The normalized spacial score (nSPS) is 19.8. The standard InChI is InChI=1S/C15H19N3O2/c1-15(2,3)14(19)18-13(8-10-20-18)12-6-4-5-11-7-9-16-17(11)12/h4-7,9,13H,8,10H2,1-3H3/t13-/m0/s1. The summed E-state index contributed by atoms with van der Waals surface area (Å²) in [7, 11) is 0. The predicted octanol–water partition coefficient (Wildman–Crippen LogP) is 2.59. The van der Waals surface area contributed by atoms with E-state index in [1.807, 2.05) is 49.6 Å². The molecule has 0 aliphatic carbocycles. The Morgan fingerprint density at radius 3 is 2.90 bits per heavy atom. The quantitative estimate of drug-likeness (QED) is 0.802. The van der Waals surface area contributed by atoms with Crippen molar-refractivity contribution < 1.29 is 9.63 Å². The molecule has 2 aromatic heterocycles. The van der Waals surface area contributed by atoms with Crippen LogP contribution in [0.4, 0.5) is 0 Å². The first-order valence-corrected chi connectivity index (χ1v) is 6.88. The fourth-order valence-electron chi connectivity index (χ4n) is 2.49. The molecule has 1 aliphatic heterocycles. The van der Waals surface area contributed by atoms with Gasteiger partial charge >= 0.3 is 0 Å². The molecule has 3 heterocycles. The van der Waals surface area contributed by atoms with Gasteiger partial charge in [0.25, 0.3) is 5.91 Å². The van der Waals surface area contributed by atoms with Crippen LogP contribution in [0.3, 0.4) is 0 Å². The van der Waals surface area contributed by atoms with Crippen LogP contribution in [0, 0.1) is 5.41 Å². The van der Waals surface area contributed by atoms with Gasteiger partial charge in [0.1, 0.15) is 6.04 Å². The fourth-order valence-corrected chi connectivity index (χ4v) is 2.49. The number of nitrogens with zero attached hydrogens (tertiary/aromatic N) is 3. The Kier molecular flexibility index (Phi) is 3.01. The van der Waals surface area contributed by atoms with Gasteiger partial charge in [-0.15, -0.1) is 0 Å². The first-order valence-electron chi connectivity index (χ1n) is 6.88. The lowest BCUT2D eigenvalue weighted by Gasteiger charge is -2.29. The van der Waals surface area contributed by atoms with Crippen LogP contribution in [-0.4, -0.2) is 27.2 Å². The third kappa shape index (κ3) is 2.08. The molecule has 0 aromatic carbocycles. The van der Waals surface area contributed by atoms with Crippen LogP contribution in [-0.2, 0) is 9.63 Å². The average Bonchev–Trinajstić information content (AvgIpc) is 3.04. The van der Waals surface area contributed by atoms with Crippen LogP contribution in [0.2, 0.25) is 0 Å². The highest BCUT2D eigenvalue weighted by Gasteiger charge is 2.38. The van der Waals surface area contributed by atoms with Crippen LogP contribution in [0.25, 0.3) is 5.52 Å². The summed E-state index contributed by atoms with van der Waals surface area (Å²) in [6, 6.07) is 7.87. The molecule has 0 saturated carbocycles. The second-order valence-corrected chi connectivity index (χ2v) is 6.14. The van der Waals surface area contributed by atoms with Gasteiger partial charge in [0.05, 0.1) is 17.8 Å². The zero-order valence-electron chi connectivity index (χ0n) is 12.0. The van der Waals surface area contributed by atoms with Crippen LogP contribution < -0.4 is 0 Å². The molecule has 0 bridgehead atoms. The van der Waals surface area contributed by atoms with E-state index in [2.05, 4.69) is 5.10 Å². The van der Waals surface area contributed by atoms with Crippen molar-refractivity contribution in [2.45, 2.75) is 33.2 Å². The minimum absolute atomic E-state index is 0.00385. The minimum Gasteiger partial charge on any atom is -0.272 e. The van der Waals surface area contributed by atoms with Gasteiger partial charge in [-0.2, -0.15) is 5.10 Å². The van der Waals surface area contributed by atoms with Crippen molar-refractivity contribution >= 4 is 11.4 Å². The molecule has 3 rings (SSSR count). The van der Waals surface area contributed by atoms with E-state index in [0.717, 1.165) is 17.6 Å². The van der Waals surface area contributed by atoms with Crippen LogP contribution in [0.1, 0.15) is 38.9 Å². The summed E-state index contributed by atoms with van der Waals surface area (Å²) in [5.41, 5.74) is 1.56. The van der Waals surface area contributed by atoms with E-state index in [-0.39, 0.29) is 11.9 Å². The predicted molar refractivity (Wildman–Crippen MR) is 74.8 cm³/mol. The summed E-state index contributed by atoms with van der Waals surface area (Å²) < 4.78 is 1.88. The second kappa shape index (κ2) is 4.59. The van der Waals surface area contributed by atoms with E-state index < -0.39 is 5.41 Å². The average molecular weight is 273 g/mol. The van der Waals surface area contributed by atoms with Gasteiger partial charge in [-0.1, -0.05) is 26.8 Å². The summed E-state index contributed by atoms with van der Waals surface area (Å²) in [5, 5.41) is 5.87. The largest absolute Gasteiger partial charge is 0.272 e. The van der Waals surface area contributed by atoms with Crippen molar-refractivity contribution in [1.82, 2.24) is 14.7 Å². The molecule has 1 fully saturated rings. The Morgan fingerprint density at radius 2 is 2.15 bits per heavy atom. The van der Waals surface area contributed by atoms with Gasteiger partial charge in [0.2, 0.25) is 0 Å². The van der Waals surface area contributed by atoms with E-state index in [1.165, 1.54) is 5.06 Å². The molecular formula is C15H19N3O2. The van der Waals surface area contributed by atoms with Crippen molar-refractivity contribution in [3.8, 4) is 0 Å². The topological polar surface area (TPSA) is 46.8 Å². The molecule has 0 N–H and O–H groups in total. The molecule has 0 unspecified atom stereocenters. The maximum atomic E-state index is 12.5. The van der Waals surface area contributed by atoms with Gasteiger partial charge in [0.15, 0.2) is 0 Å². The molecule has 2 aromatic rings. The minimum atomic E-state index is -0.458. The van der Waals surface area contributed by atoms with Crippen molar-refractivity contribution in [3.05, 3.63) is 36.2 Å². The maximum Gasteiger partial charge on any atom is 0.252 e. The van der Waals surface area contributed by atoms with Crippen LogP contribution in [0.15, 0.2) is 30.5 Å². The molecule has 1 atom stereocenters. The zero-order valence-corrected chi connectivity index (χ0v) is 12.0. The van der Waals surface area contributed by atoms with E-state index in [9.17, 15) is 4.79 Å².